The van der Waals surface area contributed by atoms with Crippen LogP contribution in [0.1, 0.15) is 31.7 Å². The average molecular weight is 441 g/mol. The minimum atomic E-state index is -0.271. The quantitative estimate of drug-likeness (QED) is 0.633. The van der Waals surface area contributed by atoms with Crippen molar-refractivity contribution in [2.24, 2.45) is 11.8 Å². The average Bonchev–Trinajstić information content (AvgIpc) is 3.21. The SMILES string of the molecule is CC1CCN(c2ccc(Nc3ccc(CNC(=O)C4CNC(=O)C4)cc3)c(Cl)c2)CC1. The number of carbonyl (C=O) groups is 2. The monoisotopic (exact) mass is 440 g/mol. The molecule has 6 nitrogen and oxygen atoms in total. The summed E-state index contributed by atoms with van der Waals surface area (Å²) in [5.41, 5.74) is 3.97. The Morgan fingerprint density at radius 1 is 1.16 bits per heavy atom. The zero-order valence-corrected chi connectivity index (χ0v) is 18.5. The van der Waals surface area contributed by atoms with E-state index >= 15 is 0 Å². The van der Waals surface area contributed by atoms with E-state index in [1.165, 1.54) is 18.5 Å². The van der Waals surface area contributed by atoms with Crippen molar-refractivity contribution in [3.63, 3.8) is 0 Å². The molecule has 0 aliphatic carbocycles. The van der Waals surface area contributed by atoms with Gasteiger partial charge in [0.05, 0.1) is 16.6 Å². The van der Waals surface area contributed by atoms with E-state index < -0.39 is 0 Å². The van der Waals surface area contributed by atoms with E-state index in [0.29, 0.717) is 18.1 Å². The van der Waals surface area contributed by atoms with Crippen LogP contribution in [-0.2, 0) is 16.1 Å². The van der Waals surface area contributed by atoms with Crippen molar-refractivity contribution in [1.29, 1.82) is 0 Å². The molecular weight excluding hydrogens is 412 g/mol. The van der Waals surface area contributed by atoms with Crippen molar-refractivity contribution in [2.75, 3.05) is 29.9 Å². The summed E-state index contributed by atoms with van der Waals surface area (Å²) in [4.78, 5) is 25.8. The fourth-order valence-electron chi connectivity index (χ4n) is 4.05. The third-order valence-corrected chi connectivity index (χ3v) is 6.46. The van der Waals surface area contributed by atoms with E-state index in [-0.39, 0.29) is 24.2 Å². The number of carbonyl (C=O) groups excluding carboxylic acids is 2. The maximum absolute atomic E-state index is 12.1. The Kier molecular flexibility index (Phi) is 6.66. The molecule has 2 amide bonds. The maximum Gasteiger partial charge on any atom is 0.225 e. The molecule has 7 heteroatoms. The van der Waals surface area contributed by atoms with Crippen LogP contribution in [-0.4, -0.2) is 31.4 Å². The smallest absolute Gasteiger partial charge is 0.225 e. The molecule has 1 unspecified atom stereocenters. The molecule has 31 heavy (non-hydrogen) atoms. The first-order chi connectivity index (χ1) is 15.0. The first-order valence-electron chi connectivity index (χ1n) is 10.9. The van der Waals surface area contributed by atoms with E-state index in [1.54, 1.807) is 0 Å². The molecule has 2 heterocycles. The molecular formula is C24H29ClN4O2. The lowest BCUT2D eigenvalue weighted by Gasteiger charge is -2.32. The zero-order chi connectivity index (χ0) is 21.8. The number of nitrogens with one attached hydrogen (secondary N) is 3. The van der Waals surface area contributed by atoms with Crippen molar-refractivity contribution in [3.05, 3.63) is 53.1 Å². The van der Waals surface area contributed by atoms with Gasteiger partial charge < -0.3 is 20.9 Å². The molecule has 1 atom stereocenters. The fourth-order valence-corrected chi connectivity index (χ4v) is 4.28. The predicted octanol–water partition coefficient (Wildman–Crippen LogP) is 4.07. The lowest BCUT2D eigenvalue weighted by Crippen LogP contribution is -2.32. The zero-order valence-electron chi connectivity index (χ0n) is 17.8. The Hall–Kier alpha value is -2.73. The summed E-state index contributed by atoms with van der Waals surface area (Å²) in [6.07, 6.45) is 2.71. The second-order valence-electron chi connectivity index (χ2n) is 8.58. The molecule has 2 saturated heterocycles. The van der Waals surface area contributed by atoms with Crippen LogP contribution in [0.5, 0.6) is 0 Å². The van der Waals surface area contributed by atoms with Gasteiger partial charge in [0.15, 0.2) is 0 Å². The molecule has 0 spiro atoms. The highest BCUT2D eigenvalue weighted by Crippen LogP contribution is 2.31. The van der Waals surface area contributed by atoms with Crippen LogP contribution in [0.25, 0.3) is 0 Å². The number of anilines is 3. The highest BCUT2D eigenvalue weighted by atomic mass is 35.5. The van der Waals surface area contributed by atoms with Crippen LogP contribution in [0.3, 0.4) is 0 Å². The number of rotatable bonds is 6. The summed E-state index contributed by atoms with van der Waals surface area (Å²) in [6, 6.07) is 14.1. The van der Waals surface area contributed by atoms with Crippen LogP contribution in [0.15, 0.2) is 42.5 Å². The van der Waals surface area contributed by atoms with Gasteiger partial charge in [-0.2, -0.15) is 0 Å². The number of halogens is 1. The molecule has 2 aromatic carbocycles. The van der Waals surface area contributed by atoms with E-state index in [9.17, 15) is 9.59 Å². The highest BCUT2D eigenvalue weighted by Gasteiger charge is 2.27. The summed E-state index contributed by atoms with van der Waals surface area (Å²) in [6.45, 7) is 5.33. The van der Waals surface area contributed by atoms with Gasteiger partial charge in [-0.05, 0) is 54.7 Å². The van der Waals surface area contributed by atoms with Gasteiger partial charge in [-0.3, -0.25) is 9.59 Å². The normalized spacial score (nSPS) is 19.2. The number of hydrogen-bond donors (Lipinski definition) is 3. The Labute approximate surface area is 188 Å². The van der Waals surface area contributed by atoms with Crippen LogP contribution in [0, 0.1) is 11.8 Å². The Morgan fingerprint density at radius 2 is 1.90 bits per heavy atom. The van der Waals surface area contributed by atoms with Crippen LogP contribution in [0.4, 0.5) is 17.1 Å². The molecule has 0 bridgehead atoms. The van der Waals surface area contributed by atoms with E-state index in [4.69, 9.17) is 11.6 Å². The fraction of sp³-hybridized carbons (Fsp3) is 0.417. The van der Waals surface area contributed by atoms with Crippen molar-refractivity contribution in [1.82, 2.24) is 10.6 Å². The largest absolute Gasteiger partial charge is 0.371 e. The number of piperidine rings is 1. The molecule has 164 valence electrons. The Bertz CT molecular complexity index is 939. The molecule has 2 aliphatic rings. The summed E-state index contributed by atoms with van der Waals surface area (Å²) < 4.78 is 0. The van der Waals surface area contributed by atoms with Crippen LogP contribution in [0.2, 0.25) is 5.02 Å². The Balaban J connectivity index is 1.31. The predicted molar refractivity (Wildman–Crippen MR) is 125 cm³/mol. The summed E-state index contributed by atoms with van der Waals surface area (Å²) >= 11 is 6.55. The molecule has 4 rings (SSSR count). The maximum atomic E-state index is 12.1. The van der Waals surface area contributed by atoms with Crippen molar-refractivity contribution < 1.29 is 9.59 Å². The second kappa shape index (κ2) is 9.60. The highest BCUT2D eigenvalue weighted by molar-refractivity contribution is 6.33. The van der Waals surface area contributed by atoms with Gasteiger partial charge in [-0.1, -0.05) is 30.7 Å². The van der Waals surface area contributed by atoms with Gasteiger partial charge in [-0.25, -0.2) is 0 Å². The lowest BCUT2D eigenvalue weighted by atomic mass is 9.99. The van der Waals surface area contributed by atoms with Crippen LogP contribution < -0.4 is 20.9 Å². The molecule has 2 aromatic rings. The first kappa shape index (κ1) is 21.5. The number of benzene rings is 2. The Morgan fingerprint density at radius 3 is 2.55 bits per heavy atom. The van der Waals surface area contributed by atoms with Crippen molar-refractivity contribution in [2.45, 2.75) is 32.7 Å². The first-order valence-corrected chi connectivity index (χ1v) is 11.3. The number of nitrogens with zero attached hydrogens (tertiary/aromatic N) is 1. The van der Waals surface area contributed by atoms with Gasteiger partial charge in [-0.15, -0.1) is 0 Å². The lowest BCUT2D eigenvalue weighted by molar-refractivity contribution is -0.126. The van der Waals surface area contributed by atoms with Crippen LogP contribution >= 0.6 is 11.6 Å². The number of hydrogen-bond acceptors (Lipinski definition) is 4. The van der Waals surface area contributed by atoms with Gasteiger partial charge in [0.1, 0.15) is 0 Å². The number of amides is 2. The minimum Gasteiger partial charge on any atom is -0.371 e. The molecule has 2 fully saturated rings. The molecule has 0 aromatic heterocycles. The van der Waals surface area contributed by atoms with Gasteiger partial charge in [0.2, 0.25) is 11.8 Å². The van der Waals surface area contributed by atoms with Gasteiger partial charge >= 0.3 is 0 Å². The molecule has 0 radical (unpaired) electrons. The summed E-state index contributed by atoms with van der Waals surface area (Å²) in [5, 5.41) is 9.66. The van der Waals surface area contributed by atoms with Crippen molar-refractivity contribution >= 4 is 40.5 Å². The molecule has 0 saturated carbocycles. The van der Waals surface area contributed by atoms with Crippen molar-refractivity contribution in [3.8, 4) is 0 Å². The molecule has 2 aliphatic heterocycles. The minimum absolute atomic E-state index is 0.0622. The van der Waals surface area contributed by atoms with E-state index in [2.05, 4.69) is 33.8 Å². The summed E-state index contributed by atoms with van der Waals surface area (Å²) in [5.74, 6) is 0.378. The second-order valence-corrected chi connectivity index (χ2v) is 8.99. The third kappa shape index (κ3) is 5.50. The molecule has 3 N–H and O–H groups in total. The van der Waals surface area contributed by atoms with Gasteiger partial charge in [0.25, 0.3) is 0 Å². The topological polar surface area (TPSA) is 73.5 Å². The van der Waals surface area contributed by atoms with Gasteiger partial charge in [0, 0.05) is 44.0 Å². The summed E-state index contributed by atoms with van der Waals surface area (Å²) in [7, 11) is 0. The van der Waals surface area contributed by atoms with E-state index in [0.717, 1.165) is 35.9 Å². The third-order valence-electron chi connectivity index (χ3n) is 6.15. The van der Waals surface area contributed by atoms with E-state index in [1.807, 2.05) is 36.4 Å². The standard InChI is InChI=1S/C24H29ClN4O2/c1-16-8-10-29(11-9-16)20-6-7-22(21(25)13-20)28-19-4-2-17(3-5-19)14-27-24(31)18-12-23(30)26-15-18/h2-7,13,16,18,28H,8-12,14-15H2,1H3,(H,26,30)(H,27,31).